The molecule has 0 saturated carbocycles. The van der Waals surface area contributed by atoms with Crippen LogP contribution in [0.4, 0.5) is 0 Å². The number of aliphatic hydroxyl groups is 2. The lowest BCUT2D eigenvalue weighted by Gasteiger charge is -2.36. The van der Waals surface area contributed by atoms with Gasteiger partial charge in [0.1, 0.15) is 35.4 Å². The van der Waals surface area contributed by atoms with E-state index in [1.807, 2.05) is 61.1 Å². The molecule has 2 unspecified atom stereocenters. The first kappa shape index (κ1) is 49.7. The Balaban J connectivity index is 1.06. The zero-order chi connectivity index (χ0) is 45.5. The maximum atomic E-state index is 13.3. The van der Waals surface area contributed by atoms with Gasteiger partial charge in [0.05, 0.1) is 47.5 Å². The number of allylic oxidation sites excluding steroid dienone is 5. The molecule has 3 aromatic rings. The third kappa shape index (κ3) is 15.4. The second-order valence-electron chi connectivity index (χ2n) is 17.5. The van der Waals surface area contributed by atoms with Crippen LogP contribution >= 0.6 is 0 Å². The van der Waals surface area contributed by atoms with Crippen molar-refractivity contribution in [2.75, 3.05) is 13.2 Å². The lowest BCUT2D eigenvalue weighted by Crippen LogP contribution is -2.36. The minimum absolute atomic E-state index is 0.109. The van der Waals surface area contributed by atoms with Gasteiger partial charge < -0.3 is 35.0 Å². The number of ether oxygens (including phenoxy) is 2. The fraction of sp³-hybridized carbons (Fsp3) is 0.464. The number of unbranched alkanes of at least 4 members (excludes halogenated alkanes) is 18. The molecule has 8 nitrogen and oxygen atoms in total. The Morgan fingerprint density at radius 3 is 1.72 bits per heavy atom. The zero-order valence-electron chi connectivity index (χ0n) is 38.4. The Hall–Kier alpha value is -5.34. The zero-order valence-corrected chi connectivity index (χ0v) is 38.4. The largest absolute Gasteiger partial charge is 0.511 e. The second-order valence-corrected chi connectivity index (χ2v) is 17.5. The molecule has 5 rings (SSSR count). The highest BCUT2D eigenvalue weighted by Gasteiger charge is 2.45. The van der Waals surface area contributed by atoms with Crippen molar-refractivity contribution in [1.29, 1.82) is 0 Å². The summed E-state index contributed by atoms with van der Waals surface area (Å²) in [6.07, 6.45) is 38.9. The molecule has 0 fully saturated rings. The summed E-state index contributed by atoms with van der Waals surface area (Å²) >= 11 is 0. The van der Waals surface area contributed by atoms with Crippen LogP contribution in [0.15, 0.2) is 94.7 Å². The number of hydrogen-bond donors (Lipinski definition) is 5. The van der Waals surface area contributed by atoms with Crippen LogP contribution < -0.4 is 10.2 Å². The molecule has 8 heteroatoms. The van der Waals surface area contributed by atoms with Crippen molar-refractivity contribution >= 4 is 17.7 Å². The van der Waals surface area contributed by atoms with Crippen LogP contribution in [0, 0.1) is 12.8 Å². The van der Waals surface area contributed by atoms with Crippen LogP contribution in [0.2, 0.25) is 0 Å². The summed E-state index contributed by atoms with van der Waals surface area (Å²) in [6.45, 7) is 5.87. The van der Waals surface area contributed by atoms with Crippen LogP contribution in [0.25, 0.3) is 17.7 Å². The first-order valence-corrected chi connectivity index (χ1v) is 24.2. The summed E-state index contributed by atoms with van der Waals surface area (Å²) in [4.78, 5) is 13.3. The van der Waals surface area contributed by atoms with Crippen LogP contribution in [-0.2, 0) is 4.74 Å². The van der Waals surface area contributed by atoms with Crippen molar-refractivity contribution < 1.29 is 35.0 Å². The number of phenolic OH excluding ortho intramolecular Hbond substituents is 3. The molecule has 64 heavy (non-hydrogen) atoms. The average Bonchev–Trinajstić information content (AvgIpc) is 3.29. The third-order valence-corrected chi connectivity index (χ3v) is 12.3. The molecule has 5 N–H and O–H groups in total. The minimum atomic E-state index is -1.46. The van der Waals surface area contributed by atoms with E-state index >= 15 is 0 Å². The first-order chi connectivity index (χ1) is 31.2. The van der Waals surface area contributed by atoms with Crippen LogP contribution in [-0.4, -0.2) is 44.9 Å². The number of aliphatic hydroxyl groups excluding tert-OH is 2. The molecule has 344 valence electrons. The van der Waals surface area contributed by atoms with Gasteiger partial charge >= 0.3 is 0 Å². The molecule has 0 aromatic heterocycles. The minimum Gasteiger partial charge on any atom is -0.511 e. The standard InChI is InChI=1S/C56H72O8/c1-3-5-7-9-11-13-15-17-19-21-35-63-45-31-27-41(28-32-45)23-25-43-37-47(57)51(48(58)38-43)53-55(61)54(56(53)62)52-49(59)39-44(40-50(52)60)26-24-42-29-33-46(34-30-42)64-36-22-20-18-16-14-12-10-8-6-4-2/h23-34,37-40,53,55,61H,3-22,35-36H2,1-2H3,(H3-,57,58,59,60,62)/p+1/b26-24+. The van der Waals surface area contributed by atoms with Crippen LogP contribution in [0.5, 0.6) is 23.0 Å². The van der Waals surface area contributed by atoms with Crippen LogP contribution in [0.1, 0.15) is 176 Å². The van der Waals surface area contributed by atoms with Gasteiger partial charge in [-0.05, 0) is 72.4 Å². The van der Waals surface area contributed by atoms with Gasteiger partial charge in [0.15, 0.2) is 11.2 Å². The summed E-state index contributed by atoms with van der Waals surface area (Å²) in [5.74, 6) is -1.11. The Morgan fingerprint density at radius 2 is 1.20 bits per heavy atom. The summed E-state index contributed by atoms with van der Waals surface area (Å²) in [5.41, 5.74) is 1.76. The maximum absolute atomic E-state index is 13.3. The quantitative estimate of drug-likeness (QED) is 0.0254. The number of hydrogen-bond acceptors (Lipinski definition) is 8. The van der Waals surface area contributed by atoms with Gasteiger partial charge in [-0.1, -0.05) is 154 Å². The molecule has 0 aliphatic heterocycles. The van der Waals surface area contributed by atoms with E-state index < -0.39 is 23.2 Å². The molecular formula is C56H73O8+. The number of rotatable bonds is 30. The van der Waals surface area contributed by atoms with E-state index in [0.717, 1.165) is 35.5 Å². The van der Waals surface area contributed by atoms with Gasteiger partial charge in [0.25, 0.3) is 0 Å². The van der Waals surface area contributed by atoms with Crippen molar-refractivity contribution in [2.24, 2.45) is 0 Å². The predicted octanol–water partition coefficient (Wildman–Crippen LogP) is 13.9. The molecule has 3 aromatic carbocycles. The average molecular weight is 874 g/mol. The highest BCUT2D eigenvalue weighted by Crippen LogP contribution is 2.52. The molecule has 0 spiro atoms. The van der Waals surface area contributed by atoms with E-state index in [1.54, 1.807) is 12.5 Å². The molecule has 0 bridgehead atoms. The van der Waals surface area contributed by atoms with Gasteiger partial charge in [-0.3, -0.25) is 4.79 Å². The SMILES string of the molecule is CCCCCCCCCCCCOC1=C[CH+]C(=C[CH+]c2cc(=O)c(C3C(O)=C(c4c(O)cc(/C=C/c5ccc(OCCCCCCCCCCCC)cc5)cc4O)C3O)c(O)[cH-]2)C=C1. The highest BCUT2D eigenvalue weighted by molar-refractivity contribution is 5.87. The summed E-state index contributed by atoms with van der Waals surface area (Å²) in [7, 11) is 0. The van der Waals surface area contributed by atoms with E-state index in [1.165, 1.54) is 140 Å². The van der Waals surface area contributed by atoms with E-state index in [-0.39, 0.29) is 33.9 Å². The summed E-state index contributed by atoms with van der Waals surface area (Å²) in [5, 5.41) is 55.2. The molecular weight excluding hydrogens is 801 g/mol. The molecule has 0 radical (unpaired) electrons. The van der Waals surface area contributed by atoms with Crippen molar-refractivity contribution in [3.63, 3.8) is 0 Å². The van der Waals surface area contributed by atoms with Crippen molar-refractivity contribution in [1.82, 2.24) is 0 Å². The first-order valence-electron chi connectivity index (χ1n) is 24.2. The lowest BCUT2D eigenvalue weighted by atomic mass is 9.72. The Kier molecular flexibility index (Phi) is 21.0. The Bertz CT molecular complexity index is 2080. The van der Waals surface area contributed by atoms with Gasteiger partial charge in [0, 0.05) is 24.1 Å². The Labute approximate surface area is 382 Å². The van der Waals surface area contributed by atoms with E-state index in [4.69, 9.17) is 9.47 Å². The van der Waals surface area contributed by atoms with Crippen LogP contribution in [0.3, 0.4) is 0 Å². The van der Waals surface area contributed by atoms with E-state index in [2.05, 4.69) is 13.8 Å². The highest BCUT2D eigenvalue weighted by atomic mass is 16.5. The Morgan fingerprint density at radius 1 is 0.672 bits per heavy atom. The third-order valence-electron chi connectivity index (χ3n) is 12.3. The molecule has 2 aliphatic carbocycles. The fourth-order valence-corrected chi connectivity index (χ4v) is 8.45. The normalized spacial score (nSPS) is 16.5. The molecule has 0 amide bonds. The monoisotopic (exact) mass is 874 g/mol. The lowest BCUT2D eigenvalue weighted by molar-refractivity contribution is 0.150. The van der Waals surface area contributed by atoms with E-state index in [9.17, 15) is 30.3 Å². The van der Waals surface area contributed by atoms with Gasteiger partial charge in [-0.2, -0.15) is 0 Å². The number of benzene rings is 3. The van der Waals surface area contributed by atoms with Gasteiger partial charge in [0.2, 0.25) is 0 Å². The molecule has 0 saturated heterocycles. The molecule has 2 atom stereocenters. The van der Waals surface area contributed by atoms with Crippen molar-refractivity contribution in [3.05, 3.63) is 141 Å². The second kappa shape index (κ2) is 27.1. The fourth-order valence-electron chi connectivity index (χ4n) is 8.45. The van der Waals surface area contributed by atoms with Crippen molar-refractivity contribution in [3.8, 4) is 23.0 Å². The summed E-state index contributed by atoms with van der Waals surface area (Å²) < 4.78 is 11.9. The summed E-state index contributed by atoms with van der Waals surface area (Å²) in [6, 6.07) is 13.3. The molecule has 2 aliphatic rings. The predicted molar refractivity (Wildman–Crippen MR) is 262 cm³/mol. The number of aromatic hydroxyl groups is 3. The van der Waals surface area contributed by atoms with Gasteiger partial charge in [-0.25, -0.2) is 0 Å². The number of phenols is 3. The van der Waals surface area contributed by atoms with E-state index in [0.29, 0.717) is 24.3 Å². The topological polar surface area (TPSA) is 137 Å². The van der Waals surface area contributed by atoms with Crippen molar-refractivity contribution in [2.45, 2.75) is 154 Å². The smallest absolute Gasteiger partial charge is 0.198 e. The molecule has 0 heterocycles. The van der Waals surface area contributed by atoms with Gasteiger partial charge in [-0.15, -0.1) is 0 Å². The maximum Gasteiger partial charge on any atom is 0.198 e.